The summed E-state index contributed by atoms with van der Waals surface area (Å²) in [6.07, 6.45) is 0.501. The number of benzene rings is 1. The molecule has 0 aliphatic rings. The third-order valence-corrected chi connectivity index (χ3v) is 4.00. The van der Waals surface area contributed by atoms with Crippen molar-refractivity contribution in [1.29, 1.82) is 0 Å². The minimum absolute atomic E-state index is 0.00207. The van der Waals surface area contributed by atoms with Crippen molar-refractivity contribution in [3.8, 4) is 0 Å². The van der Waals surface area contributed by atoms with Crippen LogP contribution in [0.5, 0.6) is 0 Å². The van der Waals surface area contributed by atoms with E-state index >= 15 is 0 Å². The molecule has 0 unspecified atom stereocenters. The molecule has 0 atom stereocenters. The lowest BCUT2D eigenvalue weighted by Crippen LogP contribution is -2.17. The van der Waals surface area contributed by atoms with Crippen LogP contribution in [0.4, 0.5) is 10.1 Å². The summed E-state index contributed by atoms with van der Waals surface area (Å²) in [5.41, 5.74) is 0.00958. The molecule has 0 saturated carbocycles. The average molecular weight is 343 g/mol. The number of hydrogen-bond acceptors (Lipinski definition) is 2. The van der Waals surface area contributed by atoms with Crippen LogP contribution in [0.2, 0.25) is 0 Å². The van der Waals surface area contributed by atoms with Crippen molar-refractivity contribution < 1.29 is 12.8 Å². The van der Waals surface area contributed by atoms with Gasteiger partial charge in [-0.1, -0.05) is 13.0 Å². The van der Waals surface area contributed by atoms with Crippen LogP contribution in [-0.4, -0.2) is 14.2 Å². The van der Waals surface area contributed by atoms with Gasteiger partial charge in [-0.3, -0.25) is 4.72 Å². The van der Waals surface area contributed by atoms with Gasteiger partial charge in [-0.05, 0) is 41.1 Å². The van der Waals surface area contributed by atoms with Crippen molar-refractivity contribution in [1.82, 2.24) is 0 Å². The van der Waals surface area contributed by atoms with Crippen LogP contribution >= 0.6 is 22.6 Å². The lowest BCUT2D eigenvalue weighted by Gasteiger charge is -2.08. The molecule has 0 fully saturated rings. The maximum Gasteiger partial charge on any atom is 0.232 e. The molecule has 0 aliphatic heterocycles. The third kappa shape index (κ3) is 3.60. The third-order valence-electron chi connectivity index (χ3n) is 1.69. The molecule has 0 radical (unpaired) electrons. The van der Waals surface area contributed by atoms with Crippen molar-refractivity contribution in [2.45, 2.75) is 13.3 Å². The molecule has 1 aromatic rings. The zero-order valence-corrected chi connectivity index (χ0v) is 11.1. The maximum absolute atomic E-state index is 13.4. The van der Waals surface area contributed by atoms with E-state index in [0.29, 0.717) is 9.99 Å². The van der Waals surface area contributed by atoms with Gasteiger partial charge in [-0.15, -0.1) is 0 Å². The number of hydrogen-bond donors (Lipinski definition) is 1. The second kappa shape index (κ2) is 5.11. The fourth-order valence-electron chi connectivity index (χ4n) is 1.07. The van der Waals surface area contributed by atoms with E-state index in [9.17, 15) is 12.8 Å². The first-order valence-electron chi connectivity index (χ1n) is 4.41. The average Bonchev–Trinajstić information content (AvgIpc) is 2.12. The van der Waals surface area contributed by atoms with Gasteiger partial charge in [-0.25, -0.2) is 12.8 Å². The Labute approximate surface area is 102 Å². The van der Waals surface area contributed by atoms with Gasteiger partial charge in [0.2, 0.25) is 10.0 Å². The molecule has 1 rings (SSSR count). The summed E-state index contributed by atoms with van der Waals surface area (Å²) >= 11 is 1.81. The summed E-state index contributed by atoms with van der Waals surface area (Å²) in [5.74, 6) is -0.532. The molecule has 84 valence electrons. The fraction of sp³-hybridized carbons (Fsp3) is 0.333. The lowest BCUT2D eigenvalue weighted by atomic mass is 10.3. The molecule has 0 spiro atoms. The van der Waals surface area contributed by atoms with Crippen molar-refractivity contribution in [2.24, 2.45) is 0 Å². The van der Waals surface area contributed by atoms with Gasteiger partial charge in [0.1, 0.15) is 0 Å². The molecule has 15 heavy (non-hydrogen) atoms. The number of anilines is 1. The van der Waals surface area contributed by atoms with E-state index in [4.69, 9.17) is 0 Å². The van der Waals surface area contributed by atoms with E-state index in [-0.39, 0.29) is 11.4 Å². The van der Waals surface area contributed by atoms with Crippen molar-refractivity contribution in [3.05, 3.63) is 27.6 Å². The molecule has 6 heteroatoms. The highest BCUT2D eigenvalue weighted by Crippen LogP contribution is 2.20. The van der Waals surface area contributed by atoms with Crippen molar-refractivity contribution in [3.63, 3.8) is 0 Å². The first kappa shape index (κ1) is 12.7. The van der Waals surface area contributed by atoms with Crippen LogP contribution in [0.3, 0.4) is 0 Å². The minimum Gasteiger partial charge on any atom is -0.281 e. The van der Waals surface area contributed by atoms with Gasteiger partial charge >= 0.3 is 0 Å². The molecule has 0 aromatic heterocycles. The molecule has 3 nitrogen and oxygen atoms in total. The summed E-state index contributed by atoms with van der Waals surface area (Å²) in [6, 6.07) is 4.59. The number of rotatable bonds is 4. The molecular formula is C9H11FINO2S. The monoisotopic (exact) mass is 343 g/mol. The topological polar surface area (TPSA) is 46.2 Å². The first-order valence-corrected chi connectivity index (χ1v) is 7.14. The Morgan fingerprint density at radius 3 is 2.73 bits per heavy atom. The molecular weight excluding hydrogens is 332 g/mol. The molecule has 1 aromatic carbocycles. The predicted octanol–water partition coefficient (Wildman–Crippen LogP) is 2.58. The molecule has 0 amide bonds. The minimum atomic E-state index is -3.42. The Balaban J connectivity index is 2.95. The predicted molar refractivity (Wildman–Crippen MR) is 66.8 cm³/mol. The Morgan fingerprint density at radius 1 is 1.47 bits per heavy atom. The zero-order valence-electron chi connectivity index (χ0n) is 8.13. The first-order chi connectivity index (χ1) is 6.96. The number of nitrogens with one attached hydrogen (secondary N) is 1. The van der Waals surface area contributed by atoms with Crippen molar-refractivity contribution in [2.75, 3.05) is 10.5 Å². The molecule has 0 heterocycles. The van der Waals surface area contributed by atoms with Crippen LogP contribution in [-0.2, 0) is 10.0 Å². The van der Waals surface area contributed by atoms with E-state index in [1.165, 1.54) is 6.07 Å². The summed E-state index contributed by atoms with van der Waals surface area (Å²) in [4.78, 5) is 0. The summed E-state index contributed by atoms with van der Waals surface area (Å²) < 4.78 is 38.8. The number of halogens is 2. The highest BCUT2D eigenvalue weighted by atomic mass is 127. The highest BCUT2D eigenvalue weighted by Gasteiger charge is 2.13. The second-order valence-corrected chi connectivity index (χ2v) is 6.03. The van der Waals surface area contributed by atoms with Crippen LogP contribution < -0.4 is 4.72 Å². The van der Waals surface area contributed by atoms with E-state index in [2.05, 4.69) is 4.72 Å². The SMILES string of the molecule is CCCS(=O)(=O)Nc1cccc(I)c1F. The normalized spacial score (nSPS) is 11.4. The quantitative estimate of drug-likeness (QED) is 0.855. The van der Waals surface area contributed by atoms with Gasteiger partial charge in [0.15, 0.2) is 5.82 Å². The molecule has 0 saturated heterocycles. The van der Waals surface area contributed by atoms with Crippen LogP contribution in [0.15, 0.2) is 18.2 Å². The van der Waals surface area contributed by atoms with Gasteiger partial charge in [0.05, 0.1) is 15.0 Å². The van der Waals surface area contributed by atoms with E-state index in [1.54, 1.807) is 19.1 Å². The summed E-state index contributed by atoms with van der Waals surface area (Å²) in [7, 11) is -3.42. The van der Waals surface area contributed by atoms with E-state index in [0.717, 1.165) is 0 Å². The fourth-order valence-corrected chi connectivity index (χ4v) is 2.70. The second-order valence-electron chi connectivity index (χ2n) is 3.02. The maximum atomic E-state index is 13.4. The Kier molecular flexibility index (Phi) is 4.32. The van der Waals surface area contributed by atoms with Crippen LogP contribution in [0, 0.1) is 9.39 Å². The zero-order chi connectivity index (χ0) is 11.5. The Hall–Kier alpha value is -0.370. The van der Waals surface area contributed by atoms with Crippen molar-refractivity contribution >= 4 is 38.3 Å². The van der Waals surface area contributed by atoms with Gasteiger partial charge in [-0.2, -0.15) is 0 Å². The van der Waals surface area contributed by atoms with E-state index in [1.807, 2.05) is 22.6 Å². The Morgan fingerprint density at radius 2 is 2.13 bits per heavy atom. The molecule has 0 aliphatic carbocycles. The van der Waals surface area contributed by atoms with Gasteiger partial charge < -0.3 is 0 Å². The summed E-state index contributed by atoms with van der Waals surface area (Å²) in [6.45, 7) is 1.75. The van der Waals surface area contributed by atoms with Gasteiger partial charge in [0.25, 0.3) is 0 Å². The lowest BCUT2D eigenvalue weighted by molar-refractivity contribution is 0.596. The molecule has 1 N–H and O–H groups in total. The smallest absolute Gasteiger partial charge is 0.232 e. The molecule has 0 bridgehead atoms. The van der Waals surface area contributed by atoms with Crippen LogP contribution in [0.25, 0.3) is 0 Å². The highest BCUT2D eigenvalue weighted by molar-refractivity contribution is 14.1. The van der Waals surface area contributed by atoms with Crippen LogP contribution in [0.1, 0.15) is 13.3 Å². The number of sulfonamides is 1. The summed E-state index contributed by atoms with van der Waals surface area (Å²) in [5, 5.41) is 0. The Bertz CT molecular complexity index is 447. The van der Waals surface area contributed by atoms with Gasteiger partial charge in [0, 0.05) is 0 Å². The standard InChI is InChI=1S/C9H11FINO2S/c1-2-6-15(13,14)12-8-5-3-4-7(11)9(8)10/h3-5,12H,2,6H2,1H3. The largest absolute Gasteiger partial charge is 0.281 e. The van der Waals surface area contributed by atoms with E-state index < -0.39 is 15.8 Å².